The summed E-state index contributed by atoms with van der Waals surface area (Å²) in [5.74, 6) is 0.544. The second-order valence-electron chi connectivity index (χ2n) is 6.58. The zero-order valence-electron chi connectivity index (χ0n) is 18.1. The van der Waals surface area contributed by atoms with Crippen LogP contribution in [0, 0.1) is 0 Å². The Morgan fingerprint density at radius 1 is 0.788 bits per heavy atom. The molecule has 0 radical (unpaired) electrons. The van der Waals surface area contributed by atoms with Gasteiger partial charge in [-0.05, 0) is 66.2 Å². The lowest BCUT2D eigenvalue weighted by molar-refractivity contribution is 0.0729. The first-order valence-electron chi connectivity index (χ1n) is 9.66. The molecular formula is C24H21BrN2O6. The van der Waals surface area contributed by atoms with Gasteiger partial charge in [0.25, 0.3) is 5.91 Å². The van der Waals surface area contributed by atoms with Crippen LogP contribution in [-0.2, 0) is 0 Å². The van der Waals surface area contributed by atoms with Crippen molar-refractivity contribution in [1.82, 2.24) is 5.43 Å². The summed E-state index contributed by atoms with van der Waals surface area (Å²) in [4.78, 5) is 24.7. The molecule has 33 heavy (non-hydrogen) atoms. The van der Waals surface area contributed by atoms with Gasteiger partial charge in [-0.25, -0.2) is 10.2 Å². The Kier molecular flexibility index (Phi) is 8.04. The molecule has 0 heterocycles. The first kappa shape index (κ1) is 23.8. The van der Waals surface area contributed by atoms with Crippen LogP contribution < -0.4 is 24.4 Å². The minimum atomic E-state index is -0.586. The van der Waals surface area contributed by atoms with E-state index in [1.54, 1.807) is 54.6 Å². The van der Waals surface area contributed by atoms with Crippen molar-refractivity contribution < 1.29 is 28.5 Å². The molecule has 0 saturated carbocycles. The van der Waals surface area contributed by atoms with E-state index in [0.717, 1.165) is 4.47 Å². The van der Waals surface area contributed by atoms with Gasteiger partial charge in [-0.3, -0.25) is 4.79 Å². The number of carbonyl (C=O) groups is 2. The summed E-state index contributed by atoms with van der Waals surface area (Å²) in [6.07, 6.45) is 1.46. The van der Waals surface area contributed by atoms with Gasteiger partial charge in [-0.1, -0.05) is 15.9 Å². The van der Waals surface area contributed by atoms with E-state index in [1.165, 1.54) is 33.6 Å². The maximum atomic E-state index is 12.6. The average molecular weight is 513 g/mol. The second-order valence-corrected chi connectivity index (χ2v) is 7.49. The highest BCUT2D eigenvalue weighted by molar-refractivity contribution is 9.10. The summed E-state index contributed by atoms with van der Waals surface area (Å²) < 4.78 is 22.1. The Balaban J connectivity index is 1.69. The van der Waals surface area contributed by atoms with Gasteiger partial charge in [0.1, 0.15) is 0 Å². The number of ether oxygens (including phenoxy) is 4. The minimum absolute atomic E-state index is 0.230. The number of halogens is 1. The smallest absolute Gasteiger partial charge is 0.343 e. The Bertz CT molecular complexity index is 1180. The summed E-state index contributed by atoms with van der Waals surface area (Å²) >= 11 is 3.32. The van der Waals surface area contributed by atoms with Crippen LogP contribution in [0.25, 0.3) is 0 Å². The van der Waals surface area contributed by atoms with Crippen LogP contribution in [0.3, 0.4) is 0 Å². The molecule has 0 aliphatic rings. The Morgan fingerprint density at radius 2 is 1.39 bits per heavy atom. The predicted molar refractivity (Wildman–Crippen MR) is 127 cm³/mol. The first-order chi connectivity index (χ1) is 15.9. The minimum Gasteiger partial charge on any atom is -0.493 e. The summed E-state index contributed by atoms with van der Waals surface area (Å²) in [5.41, 5.74) is 3.86. The highest BCUT2D eigenvalue weighted by Crippen LogP contribution is 2.31. The molecule has 0 bridgehead atoms. The van der Waals surface area contributed by atoms with Crippen molar-refractivity contribution in [2.75, 3.05) is 21.3 Å². The number of amides is 1. The molecular weight excluding hydrogens is 492 g/mol. The maximum absolute atomic E-state index is 12.6. The molecule has 8 nitrogen and oxygen atoms in total. The van der Waals surface area contributed by atoms with Gasteiger partial charge < -0.3 is 18.9 Å². The monoisotopic (exact) mass is 512 g/mol. The van der Waals surface area contributed by atoms with Gasteiger partial charge in [0.2, 0.25) is 0 Å². The average Bonchev–Trinajstić information content (AvgIpc) is 2.84. The zero-order chi connectivity index (χ0) is 23.8. The van der Waals surface area contributed by atoms with Gasteiger partial charge in [0, 0.05) is 10.0 Å². The van der Waals surface area contributed by atoms with E-state index in [1.807, 2.05) is 0 Å². The molecule has 0 aliphatic carbocycles. The number of esters is 1. The molecule has 1 amide bonds. The maximum Gasteiger partial charge on any atom is 0.343 e. The van der Waals surface area contributed by atoms with Crippen molar-refractivity contribution in [3.8, 4) is 23.0 Å². The number of rotatable bonds is 8. The van der Waals surface area contributed by atoms with E-state index in [2.05, 4.69) is 26.5 Å². The first-order valence-corrected chi connectivity index (χ1v) is 10.5. The number of carbonyl (C=O) groups excluding carboxylic acids is 2. The van der Waals surface area contributed by atoms with Gasteiger partial charge in [-0.2, -0.15) is 5.10 Å². The molecule has 0 spiro atoms. The van der Waals surface area contributed by atoms with E-state index < -0.39 is 5.97 Å². The van der Waals surface area contributed by atoms with E-state index in [4.69, 9.17) is 18.9 Å². The van der Waals surface area contributed by atoms with Crippen molar-refractivity contribution in [2.24, 2.45) is 5.10 Å². The highest BCUT2D eigenvalue weighted by Gasteiger charge is 2.15. The molecule has 0 atom stereocenters. The summed E-state index contributed by atoms with van der Waals surface area (Å²) in [6.45, 7) is 0. The van der Waals surface area contributed by atoms with Crippen LogP contribution in [-0.4, -0.2) is 39.4 Å². The number of hydrogen-bond acceptors (Lipinski definition) is 7. The molecule has 9 heteroatoms. The normalized spacial score (nSPS) is 10.5. The van der Waals surface area contributed by atoms with E-state index in [9.17, 15) is 9.59 Å². The van der Waals surface area contributed by atoms with Crippen LogP contribution >= 0.6 is 15.9 Å². The molecule has 0 fully saturated rings. The number of methoxy groups -OCH3 is 3. The number of nitrogens with one attached hydrogen (secondary N) is 1. The molecule has 0 aliphatic heterocycles. The zero-order valence-corrected chi connectivity index (χ0v) is 19.7. The largest absolute Gasteiger partial charge is 0.493 e. The molecule has 170 valence electrons. The van der Waals surface area contributed by atoms with Crippen LogP contribution in [0.15, 0.2) is 70.2 Å². The van der Waals surface area contributed by atoms with E-state index >= 15 is 0 Å². The number of benzene rings is 3. The molecule has 3 aromatic carbocycles. The molecule has 1 N–H and O–H groups in total. The fourth-order valence-electron chi connectivity index (χ4n) is 2.80. The number of hydrazone groups is 1. The van der Waals surface area contributed by atoms with Gasteiger partial charge in [-0.15, -0.1) is 0 Å². The van der Waals surface area contributed by atoms with Crippen LogP contribution in [0.2, 0.25) is 0 Å². The standard InChI is InChI=1S/C24H21BrN2O6/c1-30-19-11-7-17(13-22(19)32-3)24(29)33-20-10-4-15(12-21(20)31-2)14-26-27-23(28)16-5-8-18(25)9-6-16/h4-14H,1-3H3,(H,27,28)/b26-14+. The molecule has 3 aromatic rings. The van der Waals surface area contributed by atoms with Crippen LogP contribution in [0.4, 0.5) is 0 Å². The predicted octanol–water partition coefficient (Wildman–Crippen LogP) is 4.46. The Labute approximate surface area is 199 Å². The van der Waals surface area contributed by atoms with Gasteiger partial charge in [0.05, 0.1) is 33.1 Å². The van der Waals surface area contributed by atoms with Gasteiger partial charge >= 0.3 is 5.97 Å². The SMILES string of the molecule is COc1ccc(C(=O)Oc2ccc(/C=N/NC(=O)c3ccc(Br)cc3)cc2OC)cc1OC. The molecule has 3 rings (SSSR count). The quantitative estimate of drug-likeness (QED) is 0.207. The summed E-state index contributed by atoms with van der Waals surface area (Å²) in [5, 5.41) is 3.96. The lowest BCUT2D eigenvalue weighted by Gasteiger charge is -2.11. The van der Waals surface area contributed by atoms with Crippen molar-refractivity contribution >= 4 is 34.0 Å². The fourth-order valence-corrected chi connectivity index (χ4v) is 3.07. The topological polar surface area (TPSA) is 95.5 Å². The van der Waals surface area contributed by atoms with E-state index in [-0.39, 0.29) is 17.2 Å². The summed E-state index contributed by atoms with van der Waals surface area (Å²) in [7, 11) is 4.45. The molecule has 0 saturated heterocycles. The molecule has 0 aromatic heterocycles. The third kappa shape index (κ3) is 6.11. The van der Waals surface area contributed by atoms with Gasteiger partial charge in [0.15, 0.2) is 23.0 Å². The van der Waals surface area contributed by atoms with Crippen molar-refractivity contribution in [2.45, 2.75) is 0 Å². The third-order valence-corrected chi connectivity index (χ3v) is 5.02. The number of hydrogen-bond donors (Lipinski definition) is 1. The number of nitrogens with zero attached hydrogens (tertiary/aromatic N) is 1. The lowest BCUT2D eigenvalue weighted by Crippen LogP contribution is -2.17. The Hall–Kier alpha value is -3.85. The fraction of sp³-hybridized carbons (Fsp3) is 0.125. The highest BCUT2D eigenvalue weighted by atomic mass is 79.9. The van der Waals surface area contributed by atoms with E-state index in [0.29, 0.717) is 28.4 Å². The van der Waals surface area contributed by atoms with Crippen LogP contribution in [0.5, 0.6) is 23.0 Å². The van der Waals surface area contributed by atoms with Crippen molar-refractivity contribution in [3.05, 3.63) is 81.8 Å². The molecule has 0 unspecified atom stereocenters. The van der Waals surface area contributed by atoms with Crippen molar-refractivity contribution in [3.63, 3.8) is 0 Å². The Morgan fingerprint density at radius 3 is 2.06 bits per heavy atom. The van der Waals surface area contributed by atoms with Crippen molar-refractivity contribution in [1.29, 1.82) is 0 Å². The third-order valence-electron chi connectivity index (χ3n) is 4.50. The van der Waals surface area contributed by atoms with Crippen LogP contribution in [0.1, 0.15) is 26.3 Å². The lowest BCUT2D eigenvalue weighted by atomic mass is 10.2. The second kappa shape index (κ2) is 11.1. The summed E-state index contributed by atoms with van der Waals surface area (Å²) in [6, 6.07) is 16.5.